The maximum absolute atomic E-state index is 11.2. The van der Waals surface area contributed by atoms with Gasteiger partial charge in [-0.1, -0.05) is 0 Å². The highest BCUT2D eigenvalue weighted by molar-refractivity contribution is 5.80. The average molecular weight is 229 g/mol. The van der Waals surface area contributed by atoms with Crippen LogP contribution in [0.3, 0.4) is 0 Å². The van der Waals surface area contributed by atoms with Crippen LogP contribution in [0.5, 0.6) is 0 Å². The van der Waals surface area contributed by atoms with Gasteiger partial charge >= 0.3 is 5.97 Å². The van der Waals surface area contributed by atoms with Gasteiger partial charge in [-0.05, 0) is 27.7 Å². The first-order valence-corrected chi connectivity index (χ1v) is 5.62. The largest absolute Gasteiger partial charge is 0.463 e. The van der Waals surface area contributed by atoms with Gasteiger partial charge in [-0.2, -0.15) is 0 Å². The fourth-order valence-electron chi connectivity index (χ4n) is 1.07. The Balaban J connectivity index is 3.75. The minimum atomic E-state index is -0.192. The molecule has 0 fully saturated rings. The van der Waals surface area contributed by atoms with Gasteiger partial charge in [0.25, 0.3) is 0 Å². The highest BCUT2D eigenvalue weighted by Crippen LogP contribution is 1.92. The van der Waals surface area contributed by atoms with Crippen molar-refractivity contribution in [2.45, 2.75) is 46.3 Å². The van der Waals surface area contributed by atoms with Gasteiger partial charge in [0.05, 0.1) is 12.5 Å². The minimum absolute atomic E-state index is 0.0550. The van der Waals surface area contributed by atoms with Crippen LogP contribution in [0.15, 0.2) is 4.99 Å². The van der Waals surface area contributed by atoms with Gasteiger partial charge in [-0.3, -0.25) is 9.79 Å². The molecule has 0 rings (SSSR count). The highest BCUT2D eigenvalue weighted by atomic mass is 16.5. The summed E-state index contributed by atoms with van der Waals surface area (Å²) in [5, 5.41) is 6.17. The molecule has 0 aliphatic carbocycles. The van der Waals surface area contributed by atoms with Gasteiger partial charge in [0.1, 0.15) is 0 Å². The van der Waals surface area contributed by atoms with Gasteiger partial charge in [-0.15, -0.1) is 0 Å². The summed E-state index contributed by atoms with van der Waals surface area (Å²) >= 11 is 0. The van der Waals surface area contributed by atoms with Crippen LogP contribution in [0.2, 0.25) is 0 Å². The van der Waals surface area contributed by atoms with E-state index in [1.165, 1.54) is 0 Å². The molecule has 0 bridgehead atoms. The summed E-state index contributed by atoms with van der Waals surface area (Å²) in [7, 11) is 1.70. The Morgan fingerprint density at radius 3 is 2.38 bits per heavy atom. The quantitative estimate of drug-likeness (QED) is 0.418. The molecule has 0 spiro atoms. The number of carbonyl (C=O) groups is 1. The van der Waals surface area contributed by atoms with Crippen LogP contribution < -0.4 is 10.6 Å². The third kappa shape index (κ3) is 8.08. The molecule has 0 saturated carbocycles. The molecule has 0 amide bonds. The molecular formula is C11H23N3O2. The lowest BCUT2D eigenvalue weighted by molar-refractivity contribution is -0.147. The molecule has 94 valence electrons. The zero-order valence-electron chi connectivity index (χ0n) is 10.8. The number of ether oxygens (including phenoxy) is 1. The van der Waals surface area contributed by atoms with E-state index in [1.54, 1.807) is 7.05 Å². The predicted octanol–water partition coefficient (Wildman–Crippen LogP) is 0.901. The number of hydrogen-bond acceptors (Lipinski definition) is 3. The number of nitrogens with one attached hydrogen (secondary N) is 2. The second-order valence-corrected chi connectivity index (χ2v) is 4.09. The van der Waals surface area contributed by atoms with Crippen molar-refractivity contribution in [3.05, 3.63) is 0 Å². The maximum Gasteiger partial charge on any atom is 0.307 e. The molecule has 16 heavy (non-hydrogen) atoms. The molecule has 0 atom stereocenters. The zero-order valence-corrected chi connectivity index (χ0v) is 10.8. The Bertz CT molecular complexity index is 237. The summed E-state index contributed by atoms with van der Waals surface area (Å²) in [6.07, 6.45) is 0.289. The molecule has 0 aliphatic heterocycles. The molecule has 0 aromatic carbocycles. The van der Waals surface area contributed by atoms with Crippen molar-refractivity contribution in [3.63, 3.8) is 0 Å². The molecule has 0 aromatic rings. The van der Waals surface area contributed by atoms with E-state index >= 15 is 0 Å². The first-order chi connectivity index (χ1) is 7.45. The lowest BCUT2D eigenvalue weighted by Gasteiger charge is -2.14. The molecule has 0 heterocycles. The van der Waals surface area contributed by atoms with Crippen molar-refractivity contribution >= 4 is 11.9 Å². The van der Waals surface area contributed by atoms with E-state index in [-0.39, 0.29) is 12.1 Å². The lowest BCUT2D eigenvalue weighted by atomic mass is 10.4. The van der Waals surface area contributed by atoms with E-state index in [4.69, 9.17) is 4.74 Å². The second kappa shape index (κ2) is 7.96. The number of nitrogens with zero attached hydrogens (tertiary/aromatic N) is 1. The molecular weight excluding hydrogens is 206 g/mol. The summed E-state index contributed by atoms with van der Waals surface area (Å²) in [6.45, 7) is 8.26. The molecule has 0 unspecified atom stereocenters. The van der Waals surface area contributed by atoms with Crippen molar-refractivity contribution in [1.82, 2.24) is 10.6 Å². The van der Waals surface area contributed by atoms with Crippen LogP contribution in [-0.4, -0.2) is 37.7 Å². The van der Waals surface area contributed by atoms with Gasteiger partial charge < -0.3 is 15.4 Å². The van der Waals surface area contributed by atoms with Gasteiger partial charge in [0.15, 0.2) is 5.96 Å². The highest BCUT2D eigenvalue weighted by Gasteiger charge is 2.06. The van der Waals surface area contributed by atoms with Crippen molar-refractivity contribution < 1.29 is 9.53 Å². The number of hydrogen-bond donors (Lipinski definition) is 2. The van der Waals surface area contributed by atoms with Crippen molar-refractivity contribution in [1.29, 1.82) is 0 Å². The number of rotatable bonds is 5. The summed E-state index contributed by atoms with van der Waals surface area (Å²) in [5.41, 5.74) is 0. The second-order valence-electron chi connectivity index (χ2n) is 4.09. The van der Waals surface area contributed by atoms with Crippen LogP contribution in [0.25, 0.3) is 0 Å². The normalized spacial score (nSPS) is 11.8. The van der Waals surface area contributed by atoms with E-state index in [0.717, 1.165) is 0 Å². The maximum atomic E-state index is 11.2. The predicted molar refractivity (Wildman–Crippen MR) is 65.5 cm³/mol. The number of aliphatic imine (C=N–C) groups is 1. The van der Waals surface area contributed by atoms with Crippen molar-refractivity contribution in [2.24, 2.45) is 4.99 Å². The zero-order chi connectivity index (χ0) is 12.6. The molecule has 0 radical (unpaired) electrons. The summed E-state index contributed by atoms with van der Waals surface area (Å²) in [4.78, 5) is 15.3. The van der Waals surface area contributed by atoms with Gasteiger partial charge in [-0.25, -0.2) is 0 Å². The van der Waals surface area contributed by atoms with Crippen LogP contribution in [0, 0.1) is 0 Å². The molecule has 0 saturated heterocycles. The van der Waals surface area contributed by atoms with E-state index < -0.39 is 0 Å². The van der Waals surface area contributed by atoms with Crippen molar-refractivity contribution in [3.8, 4) is 0 Å². The van der Waals surface area contributed by atoms with Crippen molar-refractivity contribution in [2.75, 3.05) is 13.6 Å². The van der Waals surface area contributed by atoms with Gasteiger partial charge in [0.2, 0.25) is 0 Å². The molecule has 0 aromatic heterocycles. The van der Waals surface area contributed by atoms with E-state index in [1.807, 2.05) is 27.7 Å². The van der Waals surface area contributed by atoms with Crippen LogP contribution in [0.4, 0.5) is 0 Å². The molecule has 5 nitrogen and oxygen atoms in total. The smallest absolute Gasteiger partial charge is 0.307 e. The van der Waals surface area contributed by atoms with E-state index in [2.05, 4.69) is 15.6 Å². The van der Waals surface area contributed by atoms with Crippen LogP contribution >= 0.6 is 0 Å². The monoisotopic (exact) mass is 229 g/mol. The van der Waals surface area contributed by atoms with E-state index in [0.29, 0.717) is 25.0 Å². The fraction of sp³-hybridized carbons (Fsp3) is 0.818. The molecule has 5 heteroatoms. The Morgan fingerprint density at radius 2 is 1.94 bits per heavy atom. The lowest BCUT2D eigenvalue weighted by Crippen LogP contribution is -2.41. The van der Waals surface area contributed by atoms with E-state index in [9.17, 15) is 4.79 Å². The third-order valence-electron chi connectivity index (χ3n) is 1.64. The molecule has 0 aliphatic rings. The van der Waals surface area contributed by atoms with Crippen LogP contribution in [-0.2, 0) is 9.53 Å². The SMILES string of the molecule is CN=C(NCCC(=O)OC(C)C)NC(C)C. The van der Waals surface area contributed by atoms with Crippen LogP contribution in [0.1, 0.15) is 34.1 Å². The summed E-state index contributed by atoms with van der Waals surface area (Å²) in [5.74, 6) is 0.509. The Morgan fingerprint density at radius 1 is 1.31 bits per heavy atom. The Labute approximate surface area is 97.7 Å². The van der Waals surface area contributed by atoms with Gasteiger partial charge in [0, 0.05) is 19.6 Å². The number of esters is 1. The standard InChI is InChI=1S/C11H23N3O2/c1-8(2)14-11(12-5)13-7-6-10(15)16-9(3)4/h8-9H,6-7H2,1-5H3,(H2,12,13,14). The number of carbonyl (C=O) groups excluding carboxylic acids is 1. The first-order valence-electron chi connectivity index (χ1n) is 5.62. The Kier molecular flexibility index (Phi) is 7.33. The topological polar surface area (TPSA) is 62.7 Å². The molecule has 2 N–H and O–H groups in total. The third-order valence-corrected chi connectivity index (χ3v) is 1.64. The minimum Gasteiger partial charge on any atom is -0.463 e. The fourth-order valence-corrected chi connectivity index (χ4v) is 1.07. The first kappa shape index (κ1) is 14.7. The number of guanidine groups is 1. The summed E-state index contributed by atoms with van der Waals surface area (Å²) in [6, 6.07) is 0.314. The average Bonchev–Trinajstić information content (AvgIpc) is 2.14. The summed E-state index contributed by atoms with van der Waals surface area (Å²) < 4.78 is 5.01. The Hall–Kier alpha value is -1.26.